The molecule has 0 bridgehead atoms. The van der Waals surface area contributed by atoms with Gasteiger partial charge in [-0.05, 0) is 6.92 Å². The van der Waals surface area contributed by atoms with Gasteiger partial charge in [0.1, 0.15) is 5.75 Å². The van der Waals surface area contributed by atoms with Gasteiger partial charge in [-0.3, -0.25) is 9.11 Å². The fourth-order valence-corrected chi connectivity index (χ4v) is 0.938. The van der Waals surface area contributed by atoms with Gasteiger partial charge in [0.25, 0.3) is 10.1 Å². The molecule has 11 heteroatoms. The molecule has 0 amide bonds. The number of carboxylic acid groups (broad SMARTS) is 1. The minimum absolute atomic E-state index is 0.176. The quantitative estimate of drug-likeness (QED) is 0.442. The van der Waals surface area contributed by atoms with Crippen LogP contribution < -0.4 is 0 Å². The Labute approximate surface area is 98.4 Å². The Kier molecular flexibility index (Phi) is 7.93. The highest BCUT2D eigenvalue weighted by Gasteiger charge is 2.09. The SMILES string of the molecule is C=C(C)C(=O)O.O=S(=O)(O)CCOS(=O)(=O)O. The molecule has 9 nitrogen and oxygen atoms in total. The molecule has 0 fully saturated rings. The lowest BCUT2D eigenvalue weighted by atomic mass is 10.4. The van der Waals surface area contributed by atoms with Gasteiger partial charge in [0, 0.05) is 5.57 Å². The van der Waals surface area contributed by atoms with Crippen molar-refractivity contribution in [3.05, 3.63) is 12.2 Å². The molecule has 0 radical (unpaired) electrons. The van der Waals surface area contributed by atoms with Gasteiger partial charge in [-0.15, -0.1) is 0 Å². The summed E-state index contributed by atoms with van der Waals surface area (Å²) in [5.41, 5.74) is 0.176. The van der Waals surface area contributed by atoms with Crippen LogP contribution in [0.4, 0.5) is 0 Å². The van der Waals surface area contributed by atoms with Crippen LogP contribution >= 0.6 is 0 Å². The van der Waals surface area contributed by atoms with Crippen molar-refractivity contribution in [2.75, 3.05) is 12.4 Å². The minimum atomic E-state index is -4.62. The van der Waals surface area contributed by atoms with E-state index in [4.69, 9.17) is 14.2 Å². The molecular weight excluding hydrogens is 280 g/mol. The third kappa shape index (κ3) is 20.9. The molecule has 0 atom stereocenters. The van der Waals surface area contributed by atoms with E-state index in [2.05, 4.69) is 10.8 Å². The summed E-state index contributed by atoms with van der Waals surface area (Å²) in [7, 11) is -8.87. The van der Waals surface area contributed by atoms with Crippen molar-refractivity contribution in [2.45, 2.75) is 6.92 Å². The maximum absolute atomic E-state index is 9.92. The Bertz CT molecular complexity index is 414. The third-order valence-corrected chi connectivity index (χ3v) is 2.09. The molecule has 0 aliphatic heterocycles. The van der Waals surface area contributed by atoms with Crippen molar-refractivity contribution in [3.8, 4) is 0 Å². The first-order valence-corrected chi connectivity index (χ1v) is 6.78. The predicted molar refractivity (Wildman–Crippen MR) is 56.4 cm³/mol. The summed E-state index contributed by atoms with van der Waals surface area (Å²) < 4.78 is 58.9. The standard InChI is InChI=1S/C4H6O2.C2H6O7S2/c1-3(2)4(5)6;3-10(4,5)2-1-9-11(6,7)8/h1H2,2H3,(H,5,6);1-2H2,(H,3,4,5)(H,6,7,8). The highest BCUT2D eigenvalue weighted by atomic mass is 32.3. The van der Waals surface area contributed by atoms with Crippen LogP contribution in [-0.2, 0) is 29.5 Å². The Hall–Kier alpha value is -1.01. The summed E-state index contributed by atoms with van der Waals surface area (Å²) in [6.45, 7) is 3.79. The zero-order valence-corrected chi connectivity index (χ0v) is 10.4. The molecule has 0 saturated heterocycles. The minimum Gasteiger partial charge on any atom is -0.478 e. The summed E-state index contributed by atoms with van der Waals surface area (Å²) in [5.74, 6) is -1.82. The lowest BCUT2D eigenvalue weighted by Crippen LogP contribution is -2.14. The van der Waals surface area contributed by atoms with E-state index in [9.17, 15) is 21.6 Å². The number of hydrogen-bond donors (Lipinski definition) is 3. The summed E-state index contributed by atoms with van der Waals surface area (Å²) in [5, 5.41) is 7.89. The molecule has 0 aromatic carbocycles. The second-order valence-electron chi connectivity index (χ2n) is 2.62. The maximum atomic E-state index is 9.92. The third-order valence-electron chi connectivity index (χ3n) is 0.939. The predicted octanol–water partition coefficient (Wildman–Crippen LogP) is -0.659. The van der Waals surface area contributed by atoms with E-state index in [0.717, 1.165) is 0 Å². The molecule has 0 aromatic rings. The summed E-state index contributed by atoms with van der Waals surface area (Å²) in [6.07, 6.45) is 0. The molecule has 102 valence electrons. The molecule has 0 heterocycles. The average molecular weight is 292 g/mol. The van der Waals surface area contributed by atoms with Crippen LogP contribution in [0.15, 0.2) is 12.2 Å². The fraction of sp³-hybridized carbons (Fsp3) is 0.500. The van der Waals surface area contributed by atoms with E-state index in [1.54, 1.807) is 0 Å². The van der Waals surface area contributed by atoms with Crippen molar-refractivity contribution in [1.29, 1.82) is 0 Å². The molecule has 0 unspecified atom stereocenters. The van der Waals surface area contributed by atoms with Crippen LogP contribution in [0.2, 0.25) is 0 Å². The van der Waals surface area contributed by atoms with E-state index in [1.807, 2.05) is 0 Å². The molecule has 0 rings (SSSR count). The normalized spacial score (nSPS) is 11.2. The van der Waals surface area contributed by atoms with Crippen LogP contribution in [-0.4, -0.2) is 49.4 Å². The summed E-state index contributed by atoms with van der Waals surface area (Å²) in [6, 6.07) is 0. The van der Waals surface area contributed by atoms with Gasteiger partial charge >= 0.3 is 16.4 Å². The van der Waals surface area contributed by atoms with E-state index >= 15 is 0 Å². The Morgan fingerprint density at radius 2 is 1.59 bits per heavy atom. The smallest absolute Gasteiger partial charge is 0.397 e. The summed E-state index contributed by atoms with van der Waals surface area (Å²) >= 11 is 0. The van der Waals surface area contributed by atoms with Crippen molar-refractivity contribution in [2.24, 2.45) is 0 Å². The van der Waals surface area contributed by atoms with Crippen LogP contribution in [0, 0.1) is 0 Å². The largest absolute Gasteiger partial charge is 0.478 e. The first-order valence-electron chi connectivity index (χ1n) is 3.81. The van der Waals surface area contributed by atoms with Crippen molar-refractivity contribution in [3.63, 3.8) is 0 Å². The zero-order valence-electron chi connectivity index (χ0n) is 8.73. The second-order valence-corrected chi connectivity index (χ2v) is 5.28. The van der Waals surface area contributed by atoms with Crippen molar-refractivity contribution in [1.82, 2.24) is 0 Å². The number of aliphatic carboxylic acids is 1. The Morgan fingerprint density at radius 3 is 1.76 bits per heavy atom. The second kappa shape index (κ2) is 7.34. The first-order chi connectivity index (χ1) is 7.35. The highest BCUT2D eigenvalue weighted by molar-refractivity contribution is 7.85. The van der Waals surface area contributed by atoms with Gasteiger partial charge in [-0.2, -0.15) is 16.8 Å². The van der Waals surface area contributed by atoms with E-state index < -0.39 is 38.8 Å². The lowest BCUT2D eigenvalue weighted by Gasteiger charge is -1.95. The number of carboxylic acids is 1. The molecular formula is C6H12O9S2. The molecule has 3 N–H and O–H groups in total. The van der Waals surface area contributed by atoms with Crippen LogP contribution in [0.5, 0.6) is 0 Å². The Balaban J connectivity index is 0. The molecule has 17 heavy (non-hydrogen) atoms. The van der Waals surface area contributed by atoms with Gasteiger partial charge in [0.15, 0.2) is 0 Å². The van der Waals surface area contributed by atoms with Gasteiger partial charge in [-0.25, -0.2) is 8.98 Å². The molecule has 0 aliphatic rings. The first kappa shape index (κ1) is 18.4. The molecule has 0 aromatic heterocycles. The van der Waals surface area contributed by atoms with Crippen LogP contribution in [0.25, 0.3) is 0 Å². The van der Waals surface area contributed by atoms with Gasteiger partial charge in [0.2, 0.25) is 0 Å². The van der Waals surface area contributed by atoms with E-state index in [1.165, 1.54) is 6.92 Å². The number of hydrogen-bond acceptors (Lipinski definition) is 6. The van der Waals surface area contributed by atoms with Crippen molar-refractivity contribution >= 4 is 26.5 Å². The van der Waals surface area contributed by atoms with Crippen LogP contribution in [0.1, 0.15) is 6.92 Å². The van der Waals surface area contributed by atoms with E-state index in [-0.39, 0.29) is 5.57 Å². The lowest BCUT2D eigenvalue weighted by molar-refractivity contribution is -0.132. The zero-order chi connectivity index (χ0) is 14.3. The monoisotopic (exact) mass is 292 g/mol. The van der Waals surface area contributed by atoms with E-state index in [0.29, 0.717) is 0 Å². The number of carbonyl (C=O) groups is 1. The maximum Gasteiger partial charge on any atom is 0.397 e. The molecule has 0 spiro atoms. The Morgan fingerprint density at radius 1 is 1.24 bits per heavy atom. The molecule has 0 saturated carbocycles. The van der Waals surface area contributed by atoms with Gasteiger partial charge in [0.05, 0.1) is 6.61 Å². The number of rotatable bonds is 5. The molecule has 0 aliphatic carbocycles. The topological polar surface area (TPSA) is 155 Å². The van der Waals surface area contributed by atoms with Crippen LogP contribution in [0.3, 0.4) is 0 Å². The van der Waals surface area contributed by atoms with Gasteiger partial charge in [-0.1, -0.05) is 6.58 Å². The average Bonchev–Trinajstić information content (AvgIpc) is 1.99. The summed E-state index contributed by atoms with van der Waals surface area (Å²) in [4.78, 5) is 9.60. The van der Waals surface area contributed by atoms with Crippen molar-refractivity contribution < 1.29 is 40.0 Å². The van der Waals surface area contributed by atoms with Gasteiger partial charge < -0.3 is 5.11 Å². The fourth-order valence-electron chi connectivity index (χ4n) is 0.245. The highest BCUT2D eigenvalue weighted by Crippen LogP contribution is 1.88.